The Balaban J connectivity index is 1.41. The molecule has 154 valence electrons. The smallest absolute Gasteiger partial charge is 0.251 e. The van der Waals surface area contributed by atoms with Crippen molar-refractivity contribution in [3.05, 3.63) is 47.9 Å². The minimum Gasteiger partial charge on any atom is -0.370 e. The Morgan fingerprint density at radius 1 is 1.13 bits per heavy atom. The molecule has 1 atom stereocenters. The molecule has 1 saturated heterocycles. The first kappa shape index (κ1) is 18.9. The van der Waals surface area contributed by atoms with Crippen LogP contribution in [0.2, 0.25) is 0 Å². The van der Waals surface area contributed by atoms with Crippen LogP contribution < -0.4 is 10.6 Å². The molecule has 1 aromatic carbocycles. The summed E-state index contributed by atoms with van der Waals surface area (Å²) in [4.78, 5) is 14.1. The van der Waals surface area contributed by atoms with Crippen LogP contribution >= 0.6 is 0 Å². The van der Waals surface area contributed by atoms with Crippen LogP contribution in [0.1, 0.15) is 31.0 Å². The van der Waals surface area contributed by atoms with E-state index in [1.165, 1.54) is 0 Å². The topological polar surface area (TPSA) is 100 Å². The summed E-state index contributed by atoms with van der Waals surface area (Å²) in [5.74, 6) is 1.93. The number of ether oxygens (including phenoxy) is 1. The second-order valence-electron chi connectivity index (χ2n) is 7.93. The third-order valence-electron chi connectivity index (χ3n) is 5.55. The number of nitrogens with zero attached hydrogens (tertiary/aromatic N) is 4. The summed E-state index contributed by atoms with van der Waals surface area (Å²) in [6.07, 6.45) is 5.80. The van der Waals surface area contributed by atoms with Crippen LogP contribution in [0.3, 0.4) is 0 Å². The molecule has 30 heavy (non-hydrogen) atoms. The molecule has 2 aromatic heterocycles. The number of hydrogen-bond donors (Lipinski definition) is 3. The van der Waals surface area contributed by atoms with Crippen LogP contribution in [0.15, 0.2) is 41.7 Å². The Labute approximate surface area is 175 Å². The molecular weight excluding hydrogens is 378 g/mol. The zero-order chi connectivity index (χ0) is 20.3. The molecule has 3 N–H and O–H groups in total. The number of nitrogens with one attached hydrogen (secondary N) is 3. The van der Waals surface area contributed by atoms with Gasteiger partial charge in [0.2, 0.25) is 0 Å². The van der Waals surface area contributed by atoms with Gasteiger partial charge in [0.15, 0.2) is 0 Å². The van der Waals surface area contributed by atoms with Gasteiger partial charge in [0.1, 0.15) is 5.82 Å². The maximum absolute atomic E-state index is 5.63. The highest BCUT2D eigenvalue weighted by Gasteiger charge is 2.21. The lowest BCUT2D eigenvalue weighted by atomic mass is 10.1. The van der Waals surface area contributed by atoms with Crippen molar-refractivity contribution in [2.24, 2.45) is 10.9 Å². The lowest BCUT2D eigenvalue weighted by Gasteiger charge is -2.11. The van der Waals surface area contributed by atoms with E-state index in [0.29, 0.717) is 25.1 Å². The highest BCUT2D eigenvalue weighted by Crippen LogP contribution is 2.30. The van der Waals surface area contributed by atoms with Gasteiger partial charge in [-0.3, -0.25) is 5.10 Å². The van der Waals surface area contributed by atoms with Gasteiger partial charge in [-0.1, -0.05) is 19.1 Å². The molecule has 4 heterocycles. The highest BCUT2D eigenvalue weighted by atomic mass is 16.5. The first-order valence-electron chi connectivity index (χ1n) is 10.4. The van der Waals surface area contributed by atoms with Crippen LogP contribution in [0.5, 0.6) is 0 Å². The lowest BCUT2D eigenvalue weighted by Crippen LogP contribution is -2.22. The van der Waals surface area contributed by atoms with Gasteiger partial charge in [-0.15, -0.1) is 0 Å². The molecule has 0 saturated carbocycles. The molecule has 2 aliphatic heterocycles. The number of fused-ring (bicyclic) bond motifs is 1. The molecule has 0 amide bonds. The van der Waals surface area contributed by atoms with Crippen molar-refractivity contribution >= 4 is 23.2 Å². The maximum atomic E-state index is 5.63. The molecular formula is C22H25N7O. The van der Waals surface area contributed by atoms with Crippen molar-refractivity contribution < 1.29 is 4.74 Å². The lowest BCUT2D eigenvalue weighted by molar-refractivity contribution is 0.133. The van der Waals surface area contributed by atoms with E-state index >= 15 is 0 Å². The zero-order valence-corrected chi connectivity index (χ0v) is 17.0. The molecule has 0 spiro atoms. The summed E-state index contributed by atoms with van der Waals surface area (Å²) < 4.78 is 5.63. The van der Waals surface area contributed by atoms with E-state index in [4.69, 9.17) is 14.7 Å². The molecule has 0 aliphatic carbocycles. The minimum atomic E-state index is 0.499. The predicted octanol–water partition coefficient (Wildman–Crippen LogP) is 3.73. The van der Waals surface area contributed by atoms with Crippen molar-refractivity contribution in [1.29, 1.82) is 0 Å². The summed E-state index contributed by atoms with van der Waals surface area (Å²) in [5, 5.41) is 13.7. The number of hydrogen-bond acceptors (Lipinski definition) is 7. The first-order valence-corrected chi connectivity index (χ1v) is 10.4. The van der Waals surface area contributed by atoms with Crippen LogP contribution in [-0.2, 0) is 18.0 Å². The average Bonchev–Trinajstić information content (AvgIpc) is 3.41. The summed E-state index contributed by atoms with van der Waals surface area (Å²) in [6.45, 7) is 5.10. The normalized spacial score (nSPS) is 20.2. The number of H-pyrrole nitrogens is 1. The number of aromatic nitrogens is 4. The Morgan fingerprint density at radius 3 is 2.87 bits per heavy atom. The molecule has 1 fully saturated rings. The van der Waals surface area contributed by atoms with Gasteiger partial charge >= 0.3 is 0 Å². The Morgan fingerprint density at radius 2 is 2.03 bits per heavy atom. The van der Waals surface area contributed by atoms with Crippen LogP contribution in [-0.4, -0.2) is 39.0 Å². The fourth-order valence-electron chi connectivity index (χ4n) is 3.79. The third kappa shape index (κ3) is 4.10. The van der Waals surface area contributed by atoms with E-state index < -0.39 is 0 Å². The number of rotatable bonds is 4. The Bertz CT molecular complexity index is 1040. The number of anilines is 2. The fourth-order valence-corrected chi connectivity index (χ4v) is 3.79. The largest absolute Gasteiger partial charge is 0.370 e. The SMILES string of the molecule is CC1CC/C(=N/c2nc3c(c(Nc4ccc(-c5cn[nH]c5)cc4)n2)COC3)CNC1. The van der Waals surface area contributed by atoms with Gasteiger partial charge in [0, 0.05) is 35.3 Å². The predicted molar refractivity (Wildman–Crippen MR) is 116 cm³/mol. The van der Waals surface area contributed by atoms with Crippen LogP contribution in [0, 0.1) is 5.92 Å². The van der Waals surface area contributed by atoms with E-state index in [-0.39, 0.29) is 0 Å². The second-order valence-corrected chi connectivity index (χ2v) is 7.93. The number of aliphatic imine (C=N–C) groups is 1. The van der Waals surface area contributed by atoms with Crippen LogP contribution in [0.25, 0.3) is 11.1 Å². The molecule has 0 radical (unpaired) electrons. The van der Waals surface area contributed by atoms with Crippen molar-refractivity contribution in [3.63, 3.8) is 0 Å². The monoisotopic (exact) mass is 403 g/mol. The van der Waals surface area contributed by atoms with Gasteiger partial charge in [-0.2, -0.15) is 10.1 Å². The molecule has 1 unspecified atom stereocenters. The van der Waals surface area contributed by atoms with E-state index in [9.17, 15) is 0 Å². The molecule has 3 aromatic rings. The Hall–Kier alpha value is -3.10. The third-order valence-corrected chi connectivity index (χ3v) is 5.55. The van der Waals surface area contributed by atoms with Gasteiger partial charge in [0.05, 0.1) is 25.1 Å². The fraction of sp³-hybridized carbons (Fsp3) is 0.364. The quantitative estimate of drug-likeness (QED) is 0.614. The number of aromatic amines is 1. The van der Waals surface area contributed by atoms with Crippen molar-refractivity contribution in [3.8, 4) is 11.1 Å². The molecule has 2 aliphatic rings. The van der Waals surface area contributed by atoms with Crippen molar-refractivity contribution in [2.75, 3.05) is 18.4 Å². The second kappa shape index (κ2) is 8.33. The van der Waals surface area contributed by atoms with E-state index in [2.05, 4.69) is 44.9 Å². The van der Waals surface area contributed by atoms with Gasteiger partial charge in [-0.25, -0.2) is 9.98 Å². The van der Waals surface area contributed by atoms with Gasteiger partial charge < -0.3 is 15.4 Å². The number of benzene rings is 1. The Kier molecular flexibility index (Phi) is 5.25. The molecule has 8 nitrogen and oxygen atoms in total. The maximum Gasteiger partial charge on any atom is 0.251 e. The summed E-state index contributed by atoms with van der Waals surface area (Å²) in [5.41, 5.74) is 6.14. The average molecular weight is 403 g/mol. The summed E-state index contributed by atoms with van der Waals surface area (Å²) in [6, 6.07) is 8.19. The van der Waals surface area contributed by atoms with E-state index in [0.717, 1.165) is 65.5 Å². The first-order chi connectivity index (χ1) is 14.7. The van der Waals surface area contributed by atoms with Gasteiger partial charge in [-0.05, 0) is 43.0 Å². The van der Waals surface area contributed by atoms with E-state index in [1.54, 1.807) is 0 Å². The highest BCUT2D eigenvalue weighted by molar-refractivity contribution is 5.88. The van der Waals surface area contributed by atoms with Crippen LogP contribution in [0.4, 0.5) is 17.5 Å². The minimum absolute atomic E-state index is 0.499. The van der Waals surface area contributed by atoms with Crippen molar-refractivity contribution in [1.82, 2.24) is 25.5 Å². The van der Waals surface area contributed by atoms with E-state index in [1.807, 2.05) is 24.5 Å². The molecule has 8 heteroatoms. The zero-order valence-electron chi connectivity index (χ0n) is 17.0. The molecule has 0 bridgehead atoms. The van der Waals surface area contributed by atoms with Crippen molar-refractivity contribution in [2.45, 2.75) is 33.0 Å². The van der Waals surface area contributed by atoms with Gasteiger partial charge in [0.25, 0.3) is 5.95 Å². The summed E-state index contributed by atoms with van der Waals surface area (Å²) in [7, 11) is 0. The molecule has 5 rings (SSSR count). The summed E-state index contributed by atoms with van der Waals surface area (Å²) >= 11 is 0. The standard InChI is InChI=1S/C22H25N7O/c1-14-2-5-18(11-23-8-14)27-22-28-20-13-30-12-19(20)21(29-22)26-17-6-3-15(4-7-17)16-9-24-25-10-16/h3-4,6-7,9-10,14,23H,2,5,8,11-13H2,1H3,(H,24,25)(H,26,28,29)/b27-18-.